The van der Waals surface area contributed by atoms with E-state index in [1.807, 2.05) is 0 Å². The second-order valence-electron chi connectivity index (χ2n) is 4.48. The minimum Gasteiger partial charge on any atom is -0.316 e. The summed E-state index contributed by atoms with van der Waals surface area (Å²) in [5.41, 5.74) is 0. The third kappa shape index (κ3) is 3.09. The van der Waals surface area contributed by atoms with E-state index in [1.54, 1.807) is 0 Å². The third-order valence-corrected chi connectivity index (χ3v) is 3.14. The van der Waals surface area contributed by atoms with Crippen molar-refractivity contribution in [3.05, 3.63) is 11.6 Å². The number of hydrogen-bond donors (Lipinski definition) is 2. The summed E-state index contributed by atoms with van der Waals surface area (Å²) in [5, 5.41) is 10.7. The van der Waals surface area contributed by atoms with Gasteiger partial charge in [0.25, 0.3) is 0 Å². The minimum atomic E-state index is 0. The molecule has 0 bridgehead atoms. The molecule has 2 heterocycles. The van der Waals surface area contributed by atoms with E-state index in [4.69, 9.17) is 0 Å². The van der Waals surface area contributed by atoms with Crippen molar-refractivity contribution in [2.75, 3.05) is 13.1 Å². The number of nitrogens with one attached hydrogen (secondary N) is 2. The summed E-state index contributed by atoms with van der Waals surface area (Å²) in [6.07, 6.45) is 4.90. The topological polar surface area (TPSA) is 53.6 Å². The van der Waals surface area contributed by atoms with Crippen molar-refractivity contribution in [2.24, 2.45) is 5.92 Å². The molecule has 6 heteroatoms. The van der Waals surface area contributed by atoms with E-state index in [2.05, 4.69) is 20.5 Å². The highest BCUT2D eigenvalue weighted by atomic mass is 35.5. The predicted molar refractivity (Wildman–Crippen MR) is 67.5 cm³/mol. The predicted octanol–water partition coefficient (Wildman–Crippen LogP) is 1.68. The Morgan fingerprint density at radius 1 is 1.19 bits per heavy atom. The molecule has 4 nitrogen and oxygen atoms in total. The first-order valence-corrected chi connectivity index (χ1v) is 5.54. The van der Waals surface area contributed by atoms with Crippen LogP contribution < -0.4 is 5.32 Å². The summed E-state index contributed by atoms with van der Waals surface area (Å²) >= 11 is 0. The highest BCUT2D eigenvalue weighted by Gasteiger charge is 2.28. The highest BCUT2D eigenvalue weighted by molar-refractivity contribution is 5.85. The van der Waals surface area contributed by atoms with Crippen molar-refractivity contribution in [3.8, 4) is 0 Å². The Labute approximate surface area is 108 Å². The lowest BCUT2D eigenvalue weighted by atomic mass is 10.1. The molecular formula is C10H18Cl2N4. The standard InChI is InChI=1S/C10H16N4.2ClH/c1-2-8(1)10-12-9(13-14-10)5-7-3-4-11-6-7;;/h7-8,11H,1-6H2,(H,12,13,14);2*1H. The van der Waals surface area contributed by atoms with Gasteiger partial charge in [-0.25, -0.2) is 4.98 Å². The summed E-state index contributed by atoms with van der Waals surface area (Å²) in [6.45, 7) is 2.30. The van der Waals surface area contributed by atoms with E-state index in [-0.39, 0.29) is 24.8 Å². The molecule has 0 aromatic carbocycles. The van der Waals surface area contributed by atoms with Gasteiger partial charge in [-0.1, -0.05) is 0 Å². The lowest BCUT2D eigenvalue weighted by Gasteiger charge is -2.03. The Morgan fingerprint density at radius 3 is 2.62 bits per heavy atom. The Balaban J connectivity index is 0.000000640. The fraction of sp³-hybridized carbons (Fsp3) is 0.800. The van der Waals surface area contributed by atoms with Crippen LogP contribution in [0.15, 0.2) is 0 Å². The molecule has 3 rings (SSSR count). The smallest absolute Gasteiger partial charge is 0.153 e. The third-order valence-electron chi connectivity index (χ3n) is 3.14. The molecule has 2 fully saturated rings. The molecule has 16 heavy (non-hydrogen) atoms. The highest BCUT2D eigenvalue weighted by Crippen LogP contribution is 2.37. The molecule has 1 unspecified atom stereocenters. The number of rotatable bonds is 3. The molecule has 1 aliphatic carbocycles. The van der Waals surface area contributed by atoms with Crippen molar-refractivity contribution in [1.82, 2.24) is 20.5 Å². The number of halogens is 2. The van der Waals surface area contributed by atoms with E-state index >= 15 is 0 Å². The summed E-state index contributed by atoms with van der Waals surface area (Å²) in [4.78, 5) is 4.54. The second kappa shape index (κ2) is 5.84. The Hall–Kier alpha value is -0.320. The van der Waals surface area contributed by atoms with Gasteiger partial charge < -0.3 is 5.32 Å². The van der Waals surface area contributed by atoms with Crippen LogP contribution in [-0.2, 0) is 6.42 Å². The second-order valence-corrected chi connectivity index (χ2v) is 4.48. The van der Waals surface area contributed by atoms with E-state index in [0.29, 0.717) is 5.92 Å². The maximum Gasteiger partial charge on any atom is 0.153 e. The van der Waals surface area contributed by atoms with Gasteiger partial charge in [-0.3, -0.25) is 5.10 Å². The number of aromatic nitrogens is 3. The van der Waals surface area contributed by atoms with Gasteiger partial charge in [0.15, 0.2) is 5.82 Å². The van der Waals surface area contributed by atoms with Crippen LogP contribution in [0.5, 0.6) is 0 Å². The van der Waals surface area contributed by atoms with E-state index in [0.717, 1.165) is 37.1 Å². The first-order valence-electron chi connectivity index (χ1n) is 5.54. The largest absolute Gasteiger partial charge is 0.316 e. The fourth-order valence-corrected chi connectivity index (χ4v) is 2.09. The average Bonchev–Trinajstić information content (AvgIpc) is 2.75. The van der Waals surface area contributed by atoms with Crippen LogP contribution in [0.25, 0.3) is 0 Å². The van der Waals surface area contributed by atoms with E-state index < -0.39 is 0 Å². The monoisotopic (exact) mass is 264 g/mol. The Morgan fingerprint density at radius 2 is 2.00 bits per heavy atom. The van der Waals surface area contributed by atoms with Crippen LogP contribution in [-0.4, -0.2) is 28.3 Å². The summed E-state index contributed by atoms with van der Waals surface area (Å²) in [5.74, 6) is 3.56. The van der Waals surface area contributed by atoms with Gasteiger partial charge >= 0.3 is 0 Å². The first kappa shape index (κ1) is 13.7. The lowest BCUT2D eigenvalue weighted by molar-refractivity contribution is 0.562. The SMILES string of the molecule is C1CC(Cc2nc(C3CC3)n[nH]2)CN1.Cl.Cl. The van der Waals surface area contributed by atoms with Crippen LogP contribution in [0, 0.1) is 5.92 Å². The molecule has 1 aromatic heterocycles. The van der Waals surface area contributed by atoms with Crippen LogP contribution in [0.1, 0.15) is 36.8 Å². The molecule has 1 saturated heterocycles. The lowest BCUT2D eigenvalue weighted by Crippen LogP contribution is -2.11. The van der Waals surface area contributed by atoms with Crippen molar-refractivity contribution >= 4 is 24.8 Å². The molecule has 2 aliphatic rings. The summed E-state index contributed by atoms with van der Waals surface area (Å²) in [6, 6.07) is 0. The van der Waals surface area contributed by atoms with Crippen LogP contribution in [0.2, 0.25) is 0 Å². The van der Waals surface area contributed by atoms with Crippen molar-refractivity contribution < 1.29 is 0 Å². The molecular weight excluding hydrogens is 247 g/mol. The Bertz CT molecular complexity index is 318. The molecule has 0 radical (unpaired) electrons. The van der Waals surface area contributed by atoms with Gasteiger partial charge in [-0.05, 0) is 38.3 Å². The number of aromatic amines is 1. The van der Waals surface area contributed by atoms with Gasteiger partial charge in [-0.2, -0.15) is 5.10 Å². The molecule has 1 aromatic rings. The first-order chi connectivity index (χ1) is 6.92. The van der Waals surface area contributed by atoms with E-state index in [9.17, 15) is 0 Å². The van der Waals surface area contributed by atoms with Gasteiger partial charge in [0, 0.05) is 12.3 Å². The number of hydrogen-bond acceptors (Lipinski definition) is 3. The van der Waals surface area contributed by atoms with Crippen LogP contribution in [0.4, 0.5) is 0 Å². The van der Waals surface area contributed by atoms with Gasteiger partial charge in [0.2, 0.25) is 0 Å². The summed E-state index contributed by atoms with van der Waals surface area (Å²) < 4.78 is 0. The molecule has 2 N–H and O–H groups in total. The van der Waals surface area contributed by atoms with Crippen molar-refractivity contribution in [2.45, 2.75) is 31.6 Å². The molecule has 92 valence electrons. The minimum absolute atomic E-state index is 0. The normalized spacial score (nSPS) is 23.6. The maximum atomic E-state index is 4.54. The fourth-order valence-electron chi connectivity index (χ4n) is 2.09. The zero-order valence-electron chi connectivity index (χ0n) is 9.11. The summed E-state index contributed by atoms with van der Waals surface area (Å²) in [7, 11) is 0. The van der Waals surface area contributed by atoms with Gasteiger partial charge in [-0.15, -0.1) is 24.8 Å². The van der Waals surface area contributed by atoms with E-state index in [1.165, 1.54) is 19.3 Å². The Kier molecular flexibility index (Phi) is 5.02. The van der Waals surface area contributed by atoms with Gasteiger partial charge in [0.05, 0.1) is 0 Å². The molecule has 1 aliphatic heterocycles. The number of H-pyrrole nitrogens is 1. The number of nitrogens with zero attached hydrogens (tertiary/aromatic N) is 2. The van der Waals surface area contributed by atoms with Crippen LogP contribution in [0.3, 0.4) is 0 Å². The molecule has 1 saturated carbocycles. The molecule has 1 atom stereocenters. The van der Waals surface area contributed by atoms with Gasteiger partial charge in [0.1, 0.15) is 5.82 Å². The van der Waals surface area contributed by atoms with Crippen LogP contribution >= 0.6 is 24.8 Å². The van der Waals surface area contributed by atoms with Crippen molar-refractivity contribution in [3.63, 3.8) is 0 Å². The maximum absolute atomic E-state index is 4.54. The average molecular weight is 265 g/mol. The zero-order chi connectivity index (χ0) is 9.38. The molecule has 0 spiro atoms. The zero-order valence-corrected chi connectivity index (χ0v) is 10.7. The quantitative estimate of drug-likeness (QED) is 0.874. The van der Waals surface area contributed by atoms with Crippen molar-refractivity contribution in [1.29, 1.82) is 0 Å². The molecule has 0 amide bonds.